The van der Waals surface area contributed by atoms with Crippen molar-refractivity contribution >= 4 is 41.6 Å². The Morgan fingerprint density at radius 2 is 1.78 bits per heavy atom. The first-order valence-corrected chi connectivity index (χ1v) is 19.2. The number of carbonyl (C=O) groups is 1. The first-order chi connectivity index (χ1) is 21.6. The van der Waals surface area contributed by atoms with Gasteiger partial charge < -0.3 is 10.1 Å². The van der Waals surface area contributed by atoms with Crippen LogP contribution in [-0.4, -0.2) is 68.5 Å². The fourth-order valence-corrected chi connectivity index (χ4v) is 8.77. The van der Waals surface area contributed by atoms with E-state index in [4.69, 9.17) is 4.74 Å². The number of aryl methyl sites for hydroxylation is 1. The summed E-state index contributed by atoms with van der Waals surface area (Å²) in [5, 5.41) is 2.23. The summed E-state index contributed by atoms with van der Waals surface area (Å²) in [5.74, 6) is -0.530. The maximum atomic E-state index is 13.9. The van der Waals surface area contributed by atoms with Gasteiger partial charge in [0, 0.05) is 12.7 Å². The highest BCUT2D eigenvalue weighted by Crippen LogP contribution is 2.32. The minimum atomic E-state index is -4.19. The summed E-state index contributed by atoms with van der Waals surface area (Å²) in [6, 6.07) is 14.7. The predicted octanol–water partition coefficient (Wildman–Crippen LogP) is 2.16. The van der Waals surface area contributed by atoms with Gasteiger partial charge in [0.15, 0.2) is 9.84 Å². The number of hydrogen-bond donors (Lipinski definition) is 3. The highest BCUT2D eigenvalue weighted by Gasteiger charge is 2.38. The molecule has 1 amide bonds. The lowest BCUT2D eigenvalue weighted by molar-refractivity contribution is -0.118. The Kier molecular flexibility index (Phi) is 9.54. The molecule has 0 saturated carbocycles. The van der Waals surface area contributed by atoms with Crippen molar-refractivity contribution in [3.63, 3.8) is 0 Å². The van der Waals surface area contributed by atoms with Gasteiger partial charge in [0.25, 0.3) is 0 Å². The van der Waals surface area contributed by atoms with E-state index in [1.54, 1.807) is 37.3 Å². The first kappa shape index (κ1) is 33.5. The third-order valence-corrected chi connectivity index (χ3v) is 11.9. The van der Waals surface area contributed by atoms with E-state index in [2.05, 4.69) is 15.0 Å². The van der Waals surface area contributed by atoms with E-state index >= 15 is 0 Å². The molecule has 16 heteroatoms. The van der Waals surface area contributed by atoms with Gasteiger partial charge in [-0.25, -0.2) is 34.4 Å². The maximum absolute atomic E-state index is 13.9. The summed E-state index contributed by atoms with van der Waals surface area (Å²) in [4.78, 5) is 16.2. The molecule has 3 N–H and O–H groups in total. The summed E-state index contributed by atoms with van der Waals surface area (Å²) in [5.41, 5.74) is 1.76. The number of carbonyl (C=O) groups excluding carboxylic acids is 1. The van der Waals surface area contributed by atoms with Crippen LogP contribution in [-0.2, 0) is 41.1 Å². The van der Waals surface area contributed by atoms with Crippen molar-refractivity contribution in [1.29, 1.82) is 0 Å². The zero-order chi connectivity index (χ0) is 33.3. The molecular weight excluding hydrogens is 660 g/mol. The van der Waals surface area contributed by atoms with Gasteiger partial charge in [-0.1, -0.05) is 30.3 Å². The van der Waals surface area contributed by atoms with E-state index in [0.29, 0.717) is 41.2 Å². The quantitative estimate of drug-likeness (QED) is 0.257. The molecule has 246 valence electrons. The van der Waals surface area contributed by atoms with Crippen molar-refractivity contribution in [2.75, 3.05) is 19.4 Å². The van der Waals surface area contributed by atoms with Gasteiger partial charge >= 0.3 is 0 Å². The Hall–Kier alpha value is -3.86. The molecule has 3 aromatic rings. The molecule has 1 fully saturated rings. The predicted molar refractivity (Wildman–Crippen MR) is 169 cm³/mol. The summed E-state index contributed by atoms with van der Waals surface area (Å²) in [6.45, 7) is 2.27. The second kappa shape index (κ2) is 13.1. The number of aliphatic imine (C=N–C) groups is 1. The van der Waals surface area contributed by atoms with Gasteiger partial charge in [-0.15, -0.1) is 0 Å². The molecule has 0 radical (unpaired) electrons. The molecule has 3 atom stereocenters. The molecule has 0 spiro atoms. The van der Waals surface area contributed by atoms with Crippen molar-refractivity contribution in [3.05, 3.63) is 89.2 Å². The van der Waals surface area contributed by atoms with E-state index in [0.717, 1.165) is 18.4 Å². The van der Waals surface area contributed by atoms with E-state index in [1.807, 2.05) is 4.72 Å². The monoisotopic (exact) mass is 692 g/mol. The number of nitrogens with zero attached hydrogens (tertiary/aromatic N) is 1. The lowest BCUT2D eigenvalue weighted by Gasteiger charge is -2.22. The standard InChI is InChI=1S/C30H33FN4O8S3/c1-19-13-20(9-10-26(19)28-17-29(36)35-46(28,41)42)14-27(34-45(39,40)25-8-3-5-21(31)15-25)30-32-18-22(33-30)11-12-43-23-6-4-7-24(16-23)44(2,37)38/h3-10,13,15-16,22,27-28,34H,11-12,14,17-18H2,1-2H3,(H,32,33)(H,35,36). The molecule has 1 saturated heterocycles. The lowest BCUT2D eigenvalue weighted by atomic mass is 9.97. The first-order valence-electron chi connectivity index (χ1n) is 14.3. The number of sulfonamides is 2. The fraction of sp³-hybridized carbons (Fsp3) is 0.333. The summed E-state index contributed by atoms with van der Waals surface area (Å²) in [7, 11) is -11.4. The Balaban J connectivity index is 1.32. The van der Waals surface area contributed by atoms with Gasteiger partial charge in [0.05, 0.1) is 41.4 Å². The van der Waals surface area contributed by atoms with Gasteiger partial charge in [-0.2, -0.15) is 0 Å². The summed E-state index contributed by atoms with van der Waals surface area (Å²) in [6.07, 6.45) is 1.52. The third kappa shape index (κ3) is 7.92. The van der Waals surface area contributed by atoms with Crippen LogP contribution >= 0.6 is 0 Å². The minimum absolute atomic E-state index is 0.123. The molecule has 12 nitrogen and oxygen atoms in total. The number of amidine groups is 1. The second-order valence-electron chi connectivity index (χ2n) is 11.2. The lowest BCUT2D eigenvalue weighted by Crippen LogP contribution is -2.48. The number of halogens is 1. The molecule has 0 bridgehead atoms. The molecule has 46 heavy (non-hydrogen) atoms. The topological polar surface area (TPSA) is 177 Å². The SMILES string of the molecule is Cc1cc(CC(NS(=O)(=O)c2cccc(F)c2)C2=NCC(CCOc3cccc(S(C)(=O)=O)c3)N2)ccc1C1CC(=O)NS1(=O)=O. The van der Waals surface area contributed by atoms with Crippen molar-refractivity contribution in [1.82, 2.24) is 14.8 Å². The van der Waals surface area contributed by atoms with Crippen molar-refractivity contribution < 1.29 is 39.2 Å². The van der Waals surface area contributed by atoms with Crippen molar-refractivity contribution in [3.8, 4) is 5.75 Å². The van der Waals surface area contributed by atoms with Crippen molar-refractivity contribution in [2.24, 2.45) is 4.99 Å². The minimum Gasteiger partial charge on any atom is -0.493 e. The number of amides is 1. The number of sulfone groups is 1. The van der Waals surface area contributed by atoms with Crippen LogP contribution in [0.1, 0.15) is 34.8 Å². The molecule has 3 aromatic carbocycles. The zero-order valence-corrected chi connectivity index (χ0v) is 27.4. The van der Waals surface area contributed by atoms with Crippen molar-refractivity contribution in [2.45, 2.75) is 53.3 Å². The molecule has 2 aliphatic heterocycles. The van der Waals surface area contributed by atoms with Crippen LogP contribution in [0.25, 0.3) is 0 Å². The normalized spacial score (nSPS) is 20.1. The second-order valence-corrected chi connectivity index (χ2v) is 16.8. The number of benzene rings is 3. The largest absolute Gasteiger partial charge is 0.493 e. The van der Waals surface area contributed by atoms with Crippen LogP contribution in [0, 0.1) is 12.7 Å². The summed E-state index contributed by atoms with van der Waals surface area (Å²) < 4.78 is 99.5. The van der Waals surface area contributed by atoms with Crippen LogP contribution < -0.4 is 19.5 Å². The van der Waals surface area contributed by atoms with Gasteiger partial charge in [-0.3, -0.25) is 14.5 Å². The average Bonchev–Trinajstić information content (AvgIpc) is 3.55. The van der Waals surface area contributed by atoms with E-state index in [9.17, 15) is 34.4 Å². The highest BCUT2D eigenvalue weighted by atomic mass is 32.2. The fourth-order valence-electron chi connectivity index (χ4n) is 5.37. The molecule has 2 heterocycles. The Morgan fingerprint density at radius 1 is 1.04 bits per heavy atom. The van der Waals surface area contributed by atoms with Gasteiger partial charge in [0.1, 0.15) is 22.7 Å². The molecule has 2 aliphatic rings. The molecule has 5 rings (SSSR count). The van der Waals surface area contributed by atoms with Crippen LogP contribution in [0.4, 0.5) is 4.39 Å². The molecule has 0 aliphatic carbocycles. The molecular formula is C30H33FN4O8S3. The van der Waals surface area contributed by atoms with E-state index in [1.165, 1.54) is 24.3 Å². The molecule has 0 aromatic heterocycles. The van der Waals surface area contributed by atoms with Gasteiger partial charge in [-0.05, 0) is 66.4 Å². The third-order valence-electron chi connectivity index (χ3n) is 7.66. The molecule has 3 unspecified atom stereocenters. The van der Waals surface area contributed by atoms with E-state index < -0.39 is 52.9 Å². The number of rotatable bonds is 12. The smallest absolute Gasteiger partial charge is 0.242 e. The number of hydrogen-bond acceptors (Lipinski definition) is 10. The number of ether oxygens (including phenoxy) is 1. The van der Waals surface area contributed by atoms with Crippen LogP contribution in [0.15, 0.2) is 81.5 Å². The summed E-state index contributed by atoms with van der Waals surface area (Å²) >= 11 is 0. The van der Waals surface area contributed by atoms with Crippen LogP contribution in [0.5, 0.6) is 5.75 Å². The number of nitrogens with one attached hydrogen (secondary N) is 3. The van der Waals surface area contributed by atoms with Crippen LogP contribution in [0.2, 0.25) is 0 Å². The maximum Gasteiger partial charge on any atom is 0.242 e. The Labute approximate surface area is 267 Å². The van der Waals surface area contributed by atoms with Crippen LogP contribution in [0.3, 0.4) is 0 Å². The van der Waals surface area contributed by atoms with E-state index in [-0.39, 0.29) is 35.3 Å². The zero-order valence-electron chi connectivity index (χ0n) is 24.9. The van der Waals surface area contributed by atoms with Gasteiger partial charge in [0.2, 0.25) is 26.0 Å². The Morgan fingerprint density at radius 3 is 2.46 bits per heavy atom. The highest BCUT2D eigenvalue weighted by molar-refractivity contribution is 7.91. The average molecular weight is 693 g/mol. The Bertz CT molecular complexity index is 2020.